The summed E-state index contributed by atoms with van der Waals surface area (Å²) in [7, 11) is 1.60. The van der Waals surface area contributed by atoms with E-state index >= 15 is 0 Å². The Bertz CT molecular complexity index is 1020. The first-order valence-corrected chi connectivity index (χ1v) is 8.28. The van der Waals surface area contributed by atoms with Gasteiger partial charge in [0.05, 0.1) is 17.6 Å². The van der Waals surface area contributed by atoms with Crippen LogP contribution < -0.4 is 10.3 Å². The molecule has 2 heterocycles. The number of hydrogen-bond acceptors (Lipinski definition) is 6. The number of nitrogens with one attached hydrogen (secondary N) is 1. The topological polar surface area (TPSA) is 99.1 Å². The molecule has 0 bridgehead atoms. The van der Waals surface area contributed by atoms with Crippen molar-refractivity contribution in [3.8, 4) is 11.8 Å². The van der Waals surface area contributed by atoms with Gasteiger partial charge in [0.2, 0.25) is 0 Å². The summed E-state index contributed by atoms with van der Waals surface area (Å²) >= 11 is 1.32. The number of amides is 1. The van der Waals surface area contributed by atoms with Crippen LogP contribution in [0.5, 0.6) is 5.75 Å². The van der Waals surface area contributed by atoms with Crippen LogP contribution in [0, 0.1) is 11.3 Å². The lowest BCUT2D eigenvalue weighted by Gasteiger charge is -2.17. The van der Waals surface area contributed by atoms with E-state index in [1.807, 2.05) is 6.07 Å². The van der Waals surface area contributed by atoms with Crippen molar-refractivity contribution in [2.45, 2.75) is 6.54 Å². The molecule has 0 aliphatic rings. The van der Waals surface area contributed by atoms with Crippen molar-refractivity contribution in [3.63, 3.8) is 0 Å². The summed E-state index contributed by atoms with van der Waals surface area (Å²) in [6.45, 7) is -0.0523. The minimum atomic E-state index is -0.291. The summed E-state index contributed by atoms with van der Waals surface area (Å²) in [5, 5.41) is 10.8. The van der Waals surface area contributed by atoms with E-state index in [-0.39, 0.29) is 24.6 Å². The molecule has 0 unspecified atom stereocenters. The van der Waals surface area contributed by atoms with Gasteiger partial charge in [-0.15, -0.1) is 11.3 Å². The van der Waals surface area contributed by atoms with E-state index < -0.39 is 0 Å². The molecule has 126 valence electrons. The van der Waals surface area contributed by atoms with Gasteiger partial charge in [-0.2, -0.15) is 5.26 Å². The first kappa shape index (κ1) is 16.7. The number of likely N-dealkylation sites (N-methyl/N-ethyl adjacent to an activating group) is 1. The monoisotopic (exact) mass is 354 g/mol. The van der Waals surface area contributed by atoms with Crippen LogP contribution in [0.25, 0.3) is 10.2 Å². The van der Waals surface area contributed by atoms with Crippen LogP contribution in [0.3, 0.4) is 0 Å². The fourth-order valence-electron chi connectivity index (χ4n) is 2.24. The number of aromatic amines is 1. The van der Waals surface area contributed by atoms with E-state index in [4.69, 9.17) is 10.00 Å². The van der Waals surface area contributed by atoms with Crippen molar-refractivity contribution in [1.29, 1.82) is 5.26 Å². The second kappa shape index (κ2) is 7.15. The number of aromatic nitrogens is 2. The Labute approximate surface area is 147 Å². The normalized spacial score (nSPS) is 10.4. The van der Waals surface area contributed by atoms with Crippen molar-refractivity contribution in [2.75, 3.05) is 13.7 Å². The standard InChI is InChI=1S/C17H14N4O3S/c1-21(9-14-19-12-6-7-25-16(12)17(23)20-14)15(22)10-24-13-5-3-2-4-11(13)8-18/h2-7H,9-10H2,1H3,(H,19,20,23). The highest BCUT2D eigenvalue weighted by molar-refractivity contribution is 7.17. The maximum atomic E-state index is 12.2. The highest BCUT2D eigenvalue weighted by Crippen LogP contribution is 2.17. The number of H-pyrrole nitrogens is 1. The zero-order valence-electron chi connectivity index (χ0n) is 13.4. The number of ether oxygens (including phenoxy) is 1. The predicted molar refractivity (Wildman–Crippen MR) is 93.4 cm³/mol. The van der Waals surface area contributed by atoms with Crippen molar-refractivity contribution in [2.24, 2.45) is 0 Å². The lowest BCUT2D eigenvalue weighted by molar-refractivity contribution is -0.132. The Morgan fingerprint density at radius 2 is 2.20 bits per heavy atom. The summed E-state index contributed by atoms with van der Waals surface area (Å²) in [5.74, 6) is 0.475. The average Bonchev–Trinajstić information content (AvgIpc) is 3.09. The van der Waals surface area contributed by atoms with Gasteiger partial charge in [0, 0.05) is 7.05 Å². The third-order valence-corrected chi connectivity index (χ3v) is 4.44. The van der Waals surface area contributed by atoms with Crippen LogP contribution in [0.1, 0.15) is 11.4 Å². The van der Waals surface area contributed by atoms with Crippen molar-refractivity contribution in [3.05, 3.63) is 57.5 Å². The highest BCUT2D eigenvalue weighted by atomic mass is 32.1. The maximum absolute atomic E-state index is 12.2. The van der Waals surface area contributed by atoms with E-state index in [1.54, 1.807) is 42.8 Å². The van der Waals surface area contributed by atoms with Crippen LogP contribution in [-0.4, -0.2) is 34.4 Å². The third kappa shape index (κ3) is 3.67. The van der Waals surface area contributed by atoms with Gasteiger partial charge in [-0.1, -0.05) is 12.1 Å². The first-order valence-electron chi connectivity index (χ1n) is 7.41. The largest absolute Gasteiger partial charge is 0.482 e. The molecule has 1 aromatic carbocycles. The third-order valence-electron chi connectivity index (χ3n) is 3.54. The number of benzene rings is 1. The molecule has 7 nitrogen and oxygen atoms in total. The summed E-state index contributed by atoms with van der Waals surface area (Å²) in [5.41, 5.74) is 0.769. The Balaban J connectivity index is 1.66. The summed E-state index contributed by atoms with van der Waals surface area (Å²) < 4.78 is 5.99. The number of thiophene rings is 1. The number of nitrogens with zero attached hydrogens (tertiary/aromatic N) is 3. The van der Waals surface area contributed by atoms with Gasteiger partial charge in [0.1, 0.15) is 22.3 Å². The van der Waals surface area contributed by atoms with Crippen LogP contribution in [0.4, 0.5) is 0 Å². The smallest absolute Gasteiger partial charge is 0.268 e. The minimum absolute atomic E-state index is 0.156. The number of para-hydroxylation sites is 1. The van der Waals surface area contributed by atoms with Gasteiger partial charge in [-0.05, 0) is 23.6 Å². The average molecular weight is 354 g/mol. The lowest BCUT2D eigenvalue weighted by Crippen LogP contribution is -2.32. The number of fused-ring (bicyclic) bond motifs is 1. The Kier molecular flexibility index (Phi) is 4.77. The molecule has 3 rings (SSSR count). The zero-order valence-corrected chi connectivity index (χ0v) is 14.2. The quantitative estimate of drug-likeness (QED) is 0.754. The van der Waals surface area contributed by atoms with Crippen molar-refractivity contribution in [1.82, 2.24) is 14.9 Å². The molecular formula is C17H14N4O3S. The molecule has 0 saturated carbocycles. The highest BCUT2D eigenvalue weighted by Gasteiger charge is 2.14. The van der Waals surface area contributed by atoms with Gasteiger partial charge in [0.25, 0.3) is 11.5 Å². The van der Waals surface area contributed by atoms with Crippen LogP contribution in [-0.2, 0) is 11.3 Å². The van der Waals surface area contributed by atoms with Crippen molar-refractivity contribution < 1.29 is 9.53 Å². The molecule has 0 atom stereocenters. The number of carbonyl (C=O) groups is 1. The summed E-state index contributed by atoms with van der Waals surface area (Å²) in [6, 6.07) is 10.5. The fraction of sp³-hybridized carbons (Fsp3) is 0.176. The zero-order chi connectivity index (χ0) is 17.8. The molecule has 3 aromatic rings. The number of carbonyl (C=O) groups excluding carboxylic acids is 1. The SMILES string of the molecule is CN(Cc1nc2ccsc2c(=O)[nH]1)C(=O)COc1ccccc1C#N. The first-order chi connectivity index (χ1) is 12.1. The molecule has 25 heavy (non-hydrogen) atoms. The molecule has 8 heteroatoms. The van der Waals surface area contributed by atoms with Crippen LogP contribution >= 0.6 is 11.3 Å². The summed E-state index contributed by atoms with van der Waals surface area (Å²) in [4.78, 5) is 32.6. The number of hydrogen-bond donors (Lipinski definition) is 1. The molecule has 1 N–H and O–H groups in total. The van der Waals surface area contributed by atoms with Gasteiger partial charge in [-0.3, -0.25) is 9.59 Å². The predicted octanol–water partition coefficient (Wildman–Crippen LogP) is 1.89. The second-order valence-corrected chi connectivity index (χ2v) is 6.21. The molecule has 0 radical (unpaired) electrons. The van der Waals surface area contributed by atoms with Gasteiger partial charge in [0.15, 0.2) is 6.61 Å². The number of nitriles is 1. The minimum Gasteiger partial charge on any atom is -0.482 e. The molecule has 0 fully saturated rings. The number of rotatable bonds is 5. The van der Waals surface area contributed by atoms with Crippen LogP contribution in [0.15, 0.2) is 40.5 Å². The maximum Gasteiger partial charge on any atom is 0.268 e. The Morgan fingerprint density at radius 1 is 1.40 bits per heavy atom. The molecule has 2 aromatic heterocycles. The molecule has 0 aliphatic carbocycles. The van der Waals surface area contributed by atoms with E-state index in [0.717, 1.165) is 0 Å². The molecule has 0 spiro atoms. The molecule has 1 amide bonds. The fourth-order valence-corrected chi connectivity index (χ4v) is 2.97. The Morgan fingerprint density at radius 3 is 3.00 bits per heavy atom. The molecule has 0 aliphatic heterocycles. The van der Waals surface area contributed by atoms with Crippen LogP contribution in [0.2, 0.25) is 0 Å². The van der Waals surface area contributed by atoms with E-state index in [9.17, 15) is 9.59 Å². The van der Waals surface area contributed by atoms with Gasteiger partial charge in [-0.25, -0.2) is 4.98 Å². The van der Waals surface area contributed by atoms with E-state index in [1.165, 1.54) is 16.2 Å². The summed E-state index contributed by atoms with van der Waals surface area (Å²) in [6.07, 6.45) is 0. The second-order valence-electron chi connectivity index (χ2n) is 5.29. The van der Waals surface area contributed by atoms with E-state index in [0.29, 0.717) is 27.4 Å². The molecule has 0 saturated heterocycles. The van der Waals surface area contributed by atoms with Gasteiger partial charge >= 0.3 is 0 Å². The van der Waals surface area contributed by atoms with Gasteiger partial charge < -0.3 is 14.6 Å². The lowest BCUT2D eigenvalue weighted by atomic mass is 10.2. The van der Waals surface area contributed by atoms with Crippen molar-refractivity contribution >= 4 is 27.5 Å². The molecular weight excluding hydrogens is 340 g/mol. The van der Waals surface area contributed by atoms with E-state index in [2.05, 4.69) is 9.97 Å². The Hall–Kier alpha value is -3.18.